The van der Waals surface area contributed by atoms with Crippen molar-refractivity contribution >= 4 is 0 Å². The molecule has 1 aromatic carbocycles. The number of hydrogen-bond acceptors (Lipinski definition) is 2. The van der Waals surface area contributed by atoms with Crippen LogP contribution >= 0.6 is 0 Å². The van der Waals surface area contributed by atoms with Crippen LogP contribution in [0.3, 0.4) is 0 Å². The van der Waals surface area contributed by atoms with E-state index in [1.807, 2.05) is 17.9 Å². The van der Waals surface area contributed by atoms with Gasteiger partial charge in [0.05, 0.1) is 5.69 Å². The maximum atomic E-state index is 4.37. The number of nitrogens with one attached hydrogen (secondary N) is 1. The van der Waals surface area contributed by atoms with Crippen LogP contribution in [0, 0.1) is 0 Å². The summed E-state index contributed by atoms with van der Waals surface area (Å²) < 4.78 is 1.86. The van der Waals surface area contributed by atoms with E-state index in [-0.39, 0.29) is 0 Å². The zero-order valence-corrected chi connectivity index (χ0v) is 10.8. The molecule has 1 N–H and O–H groups in total. The third kappa shape index (κ3) is 2.31. The maximum Gasteiger partial charge on any atom is 0.0637 e. The van der Waals surface area contributed by atoms with Crippen LogP contribution < -0.4 is 5.32 Å². The smallest absolute Gasteiger partial charge is 0.0637 e. The van der Waals surface area contributed by atoms with Gasteiger partial charge in [0.2, 0.25) is 0 Å². The molecule has 1 aliphatic rings. The molecule has 2 aromatic rings. The van der Waals surface area contributed by atoms with Crippen molar-refractivity contribution in [3.63, 3.8) is 0 Å². The third-order valence-electron chi connectivity index (χ3n) is 3.68. The van der Waals surface area contributed by atoms with Crippen LogP contribution in [0.4, 0.5) is 0 Å². The Morgan fingerprint density at radius 1 is 1.33 bits per heavy atom. The standard InChI is InChI=1S/C15H19N3/c1-18-9-7-14(17-18)6-8-16-11-13-10-12-4-2-3-5-15(12)13/h2-5,7,9,13,16H,6,8,10-11H2,1H3. The molecule has 1 aliphatic carbocycles. The Hall–Kier alpha value is -1.61. The molecule has 1 heterocycles. The predicted molar refractivity (Wildman–Crippen MR) is 72.7 cm³/mol. The highest BCUT2D eigenvalue weighted by atomic mass is 15.2. The summed E-state index contributed by atoms with van der Waals surface area (Å²) >= 11 is 0. The SMILES string of the molecule is Cn1ccc(CCNCC2Cc3ccccc32)n1. The second kappa shape index (κ2) is 4.94. The minimum Gasteiger partial charge on any atom is -0.316 e. The van der Waals surface area contributed by atoms with E-state index in [0.717, 1.165) is 19.5 Å². The van der Waals surface area contributed by atoms with E-state index in [0.29, 0.717) is 5.92 Å². The Kier molecular flexibility index (Phi) is 3.15. The van der Waals surface area contributed by atoms with Gasteiger partial charge in [0.15, 0.2) is 0 Å². The lowest BCUT2D eigenvalue weighted by molar-refractivity contribution is 0.535. The summed E-state index contributed by atoms with van der Waals surface area (Å²) in [6, 6.07) is 10.8. The lowest BCUT2D eigenvalue weighted by atomic mass is 9.77. The van der Waals surface area contributed by atoms with Crippen molar-refractivity contribution in [2.24, 2.45) is 7.05 Å². The highest BCUT2D eigenvalue weighted by molar-refractivity contribution is 5.40. The number of aromatic nitrogens is 2. The largest absolute Gasteiger partial charge is 0.316 e. The molecule has 0 saturated heterocycles. The molecule has 0 radical (unpaired) electrons. The van der Waals surface area contributed by atoms with E-state index >= 15 is 0 Å². The monoisotopic (exact) mass is 241 g/mol. The number of rotatable bonds is 5. The molecule has 1 unspecified atom stereocenters. The van der Waals surface area contributed by atoms with Crippen LogP contribution in [0.1, 0.15) is 22.7 Å². The predicted octanol–water partition coefficient (Wildman–Crippen LogP) is 1.89. The first-order valence-electron chi connectivity index (χ1n) is 6.60. The van der Waals surface area contributed by atoms with E-state index < -0.39 is 0 Å². The van der Waals surface area contributed by atoms with Crippen LogP contribution in [0.25, 0.3) is 0 Å². The maximum absolute atomic E-state index is 4.37. The quantitative estimate of drug-likeness (QED) is 0.810. The van der Waals surface area contributed by atoms with Gasteiger partial charge in [-0.3, -0.25) is 4.68 Å². The lowest BCUT2D eigenvalue weighted by Gasteiger charge is -2.30. The summed E-state index contributed by atoms with van der Waals surface area (Å²) in [5, 5.41) is 7.91. The van der Waals surface area contributed by atoms with Crippen molar-refractivity contribution in [1.82, 2.24) is 15.1 Å². The molecule has 18 heavy (non-hydrogen) atoms. The molecule has 0 amide bonds. The molecule has 0 aliphatic heterocycles. The molecule has 1 atom stereocenters. The van der Waals surface area contributed by atoms with Crippen LogP contribution in [-0.2, 0) is 19.9 Å². The van der Waals surface area contributed by atoms with Crippen LogP contribution in [-0.4, -0.2) is 22.9 Å². The van der Waals surface area contributed by atoms with E-state index in [4.69, 9.17) is 0 Å². The lowest BCUT2D eigenvalue weighted by Crippen LogP contribution is -2.30. The Morgan fingerprint density at radius 3 is 3.00 bits per heavy atom. The van der Waals surface area contributed by atoms with Gasteiger partial charge < -0.3 is 5.32 Å². The van der Waals surface area contributed by atoms with E-state index in [9.17, 15) is 0 Å². The first-order valence-corrected chi connectivity index (χ1v) is 6.60. The topological polar surface area (TPSA) is 29.9 Å². The van der Waals surface area contributed by atoms with Crippen molar-refractivity contribution in [1.29, 1.82) is 0 Å². The van der Waals surface area contributed by atoms with Gasteiger partial charge in [-0.25, -0.2) is 0 Å². The zero-order valence-electron chi connectivity index (χ0n) is 10.8. The van der Waals surface area contributed by atoms with Crippen molar-refractivity contribution in [3.8, 4) is 0 Å². The van der Waals surface area contributed by atoms with Gasteiger partial charge in [-0.05, 0) is 23.6 Å². The van der Waals surface area contributed by atoms with Crippen molar-refractivity contribution in [2.45, 2.75) is 18.8 Å². The number of benzene rings is 1. The number of nitrogens with zero attached hydrogens (tertiary/aromatic N) is 2. The summed E-state index contributed by atoms with van der Waals surface area (Å²) in [6.07, 6.45) is 4.24. The molecular formula is C15H19N3. The Morgan fingerprint density at radius 2 is 2.22 bits per heavy atom. The summed E-state index contributed by atoms with van der Waals surface area (Å²) in [7, 11) is 1.96. The Bertz CT molecular complexity index is 530. The summed E-state index contributed by atoms with van der Waals surface area (Å²) in [6.45, 7) is 2.10. The highest BCUT2D eigenvalue weighted by Gasteiger charge is 2.24. The Balaban J connectivity index is 1.42. The molecule has 0 saturated carbocycles. The van der Waals surface area contributed by atoms with E-state index in [1.165, 1.54) is 23.2 Å². The van der Waals surface area contributed by atoms with Crippen molar-refractivity contribution < 1.29 is 0 Å². The number of fused-ring (bicyclic) bond motifs is 1. The molecule has 0 bridgehead atoms. The Labute approximate surface area is 108 Å². The van der Waals surface area contributed by atoms with Crippen LogP contribution in [0.5, 0.6) is 0 Å². The third-order valence-corrected chi connectivity index (χ3v) is 3.68. The molecule has 3 rings (SSSR count). The average molecular weight is 241 g/mol. The highest BCUT2D eigenvalue weighted by Crippen LogP contribution is 2.33. The average Bonchev–Trinajstić information content (AvgIpc) is 2.75. The second-order valence-electron chi connectivity index (χ2n) is 5.03. The van der Waals surface area contributed by atoms with Gasteiger partial charge in [0.1, 0.15) is 0 Å². The first-order chi connectivity index (χ1) is 8.83. The molecule has 94 valence electrons. The molecular weight excluding hydrogens is 222 g/mol. The molecule has 3 heteroatoms. The van der Waals surface area contributed by atoms with E-state index in [2.05, 4.69) is 40.7 Å². The molecule has 0 spiro atoms. The normalized spacial score (nSPS) is 17.3. The van der Waals surface area contributed by atoms with Gasteiger partial charge in [0.25, 0.3) is 0 Å². The van der Waals surface area contributed by atoms with Crippen molar-refractivity contribution in [2.75, 3.05) is 13.1 Å². The fourth-order valence-corrected chi connectivity index (χ4v) is 2.63. The molecule has 1 aromatic heterocycles. The second-order valence-corrected chi connectivity index (χ2v) is 5.03. The van der Waals surface area contributed by atoms with Gasteiger partial charge >= 0.3 is 0 Å². The fourth-order valence-electron chi connectivity index (χ4n) is 2.63. The zero-order chi connectivity index (χ0) is 12.4. The minimum atomic E-state index is 0.713. The summed E-state index contributed by atoms with van der Waals surface area (Å²) in [5.41, 5.74) is 4.22. The van der Waals surface area contributed by atoms with Crippen LogP contribution in [0.15, 0.2) is 36.5 Å². The minimum absolute atomic E-state index is 0.713. The van der Waals surface area contributed by atoms with Gasteiger partial charge in [-0.2, -0.15) is 5.10 Å². The van der Waals surface area contributed by atoms with Gasteiger partial charge in [0, 0.05) is 38.7 Å². The molecule has 3 nitrogen and oxygen atoms in total. The van der Waals surface area contributed by atoms with Crippen LogP contribution in [0.2, 0.25) is 0 Å². The van der Waals surface area contributed by atoms with Crippen molar-refractivity contribution in [3.05, 3.63) is 53.3 Å². The molecule has 0 fully saturated rings. The fraction of sp³-hybridized carbons (Fsp3) is 0.400. The van der Waals surface area contributed by atoms with Gasteiger partial charge in [-0.15, -0.1) is 0 Å². The first kappa shape index (κ1) is 11.5. The number of aryl methyl sites for hydroxylation is 1. The number of hydrogen-bond donors (Lipinski definition) is 1. The van der Waals surface area contributed by atoms with E-state index in [1.54, 1.807) is 0 Å². The summed E-state index contributed by atoms with van der Waals surface area (Å²) in [5.74, 6) is 0.713. The summed E-state index contributed by atoms with van der Waals surface area (Å²) in [4.78, 5) is 0. The van der Waals surface area contributed by atoms with Gasteiger partial charge in [-0.1, -0.05) is 24.3 Å².